The first kappa shape index (κ1) is 16.1. The summed E-state index contributed by atoms with van der Waals surface area (Å²) in [7, 11) is 1.67. The molecule has 0 saturated carbocycles. The van der Waals surface area contributed by atoms with Crippen LogP contribution in [0.25, 0.3) is 10.8 Å². The van der Waals surface area contributed by atoms with Crippen LogP contribution in [0.15, 0.2) is 36.4 Å². The van der Waals surface area contributed by atoms with E-state index in [1.165, 1.54) is 0 Å². The molecule has 2 aromatic carbocycles. The molecule has 2 aromatic rings. The molecule has 0 fully saturated rings. The molecule has 0 spiro atoms. The molecule has 0 aliphatic heterocycles. The lowest BCUT2D eigenvalue weighted by atomic mass is 10.1. The summed E-state index contributed by atoms with van der Waals surface area (Å²) in [4.78, 5) is 11.7. The van der Waals surface area contributed by atoms with Gasteiger partial charge in [0.1, 0.15) is 5.75 Å². The van der Waals surface area contributed by atoms with Crippen LogP contribution < -0.4 is 15.4 Å². The number of benzene rings is 2. The van der Waals surface area contributed by atoms with Crippen LogP contribution in [0.2, 0.25) is 0 Å². The predicted molar refractivity (Wildman–Crippen MR) is 90.3 cm³/mol. The standard InChI is InChI=1S/C18H24N2O2/c1-3-4-5-10-19-18(21)20-13-14-6-7-16-12-17(22-2)9-8-15(16)11-14/h6-9,11-12H,3-5,10,13H2,1-2H3,(H2,19,20,21). The van der Waals surface area contributed by atoms with Crippen LogP contribution in [0.4, 0.5) is 4.79 Å². The molecule has 2 N–H and O–H groups in total. The van der Waals surface area contributed by atoms with Gasteiger partial charge >= 0.3 is 6.03 Å². The van der Waals surface area contributed by atoms with Crippen LogP contribution >= 0.6 is 0 Å². The monoisotopic (exact) mass is 300 g/mol. The molecule has 4 nitrogen and oxygen atoms in total. The highest BCUT2D eigenvalue weighted by Crippen LogP contribution is 2.21. The number of rotatable bonds is 7. The van der Waals surface area contributed by atoms with Crippen molar-refractivity contribution in [2.45, 2.75) is 32.7 Å². The van der Waals surface area contributed by atoms with Crippen LogP contribution in [0, 0.1) is 0 Å². The number of fused-ring (bicyclic) bond motifs is 1. The van der Waals surface area contributed by atoms with Crippen molar-refractivity contribution in [1.29, 1.82) is 0 Å². The fourth-order valence-corrected chi connectivity index (χ4v) is 2.33. The van der Waals surface area contributed by atoms with Crippen LogP contribution in [0.5, 0.6) is 5.75 Å². The molecule has 118 valence electrons. The highest BCUT2D eigenvalue weighted by Gasteiger charge is 2.02. The van der Waals surface area contributed by atoms with E-state index in [0.717, 1.165) is 47.9 Å². The van der Waals surface area contributed by atoms with Gasteiger partial charge in [0.25, 0.3) is 0 Å². The molecular weight excluding hydrogens is 276 g/mol. The molecule has 2 amide bonds. The van der Waals surface area contributed by atoms with E-state index in [4.69, 9.17) is 4.74 Å². The molecule has 4 heteroatoms. The summed E-state index contributed by atoms with van der Waals surface area (Å²) >= 11 is 0. The largest absolute Gasteiger partial charge is 0.497 e. The zero-order valence-electron chi connectivity index (χ0n) is 13.3. The Labute approximate surface area is 131 Å². The molecule has 0 aromatic heterocycles. The van der Waals surface area contributed by atoms with Crippen molar-refractivity contribution < 1.29 is 9.53 Å². The minimum absolute atomic E-state index is 0.106. The van der Waals surface area contributed by atoms with E-state index in [0.29, 0.717) is 6.54 Å². The van der Waals surface area contributed by atoms with Gasteiger partial charge in [-0.1, -0.05) is 38.0 Å². The predicted octanol–water partition coefficient (Wildman–Crippen LogP) is 3.84. The molecular formula is C18H24N2O2. The topological polar surface area (TPSA) is 50.4 Å². The summed E-state index contributed by atoms with van der Waals surface area (Å²) in [5.74, 6) is 0.852. The van der Waals surface area contributed by atoms with Crippen LogP contribution in [-0.2, 0) is 6.54 Å². The van der Waals surface area contributed by atoms with Gasteiger partial charge in [-0.15, -0.1) is 0 Å². The maximum atomic E-state index is 11.7. The number of urea groups is 1. The van der Waals surface area contributed by atoms with Crippen LogP contribution in [-0.4, -0.2) is 19.7 Å². The average molecular weight is 300 g/mol. The second-order valence-electron chi connectivity index (χ2n) is 5.36. The lowest BCUT2D eigenvalue weighted by molar-refractivity contribution is 0.240. The number of carbonyl (C=O) groups is 1. The van der Waals surface area contributed by atoms with Gasteiger partial charge in [0.05, 0.1) is 7.11 Å². The second-order valence-corrected chi connectivity index (χ2v) is 5.36. The smallest absolute Gasteiger partial charge is 0.315 e. The van der Waals surface area contributed by atoms with Crippen molar-refractivity contribution in [3.05, 3.63) is 42.0 Å². The van der Waals surface area contributed by atoms with E-state index in [2.05, 4.69) is 23.6 Å². The minimum Gasteiger partial charge on any atom is -0.497 e. The maximum Gasteiger partial charge on any atom is 0.315 e. The average Bonchev–Trinajstić information content (AvgIpc) is 2.56. The van der Waals surface area contributed by atoms with Crippen molar-refractivity contribution in [3.8, 4) is 5.75 Å². The number of nitrogens with one attached hydrogen (secondary N) is 2. The number of unbranched alkanes of at least 4 members (excludes halogenated alkanes) is 2. The molecule has 0 bridgehead atoms. The summed E-state index contributed by atoms with van der Waals surface area (Å²) in [5, 5.41) is 8.04. The Bertz CT molecular complexity index is 626. The van der Waals surface area contributed by atoms with Gasteiger partial charge in [0, 0.05) is 13.1 Å². The number of carbonyl (C=O) groups excluding carboxylic acids is 1. The fraction of sp³-hybridized carbons (Fsp3) is 0.389. The molecule has 0 unspecified atom stereocenters. The highest BCUT2D eigenvalue weighted by molar-refractivity contribution is 5.84. The fourth-order valence-electron chi connectivity index (χ4n) is 2.33. The lowest BCUT2D eigenvalue weighted by Gasteiger charge is -2.09. The first-order chi connectivity index (χ1) is 10.7. The van der Waals surface area contributed by atoms with Crippen molar-refractivity contribution in [2.75, 3.05) is 13.7 Å². The van der Waals surface area contributed by atoms with Crippen LogP contribution in [0.3, 0.4) is 0 Å². The van der Waals surface area contributed by atoms with E-state index < -0.39 is 0 Å². The Morgan fingerprint density at radius 3 is 2.59 bits per heavy atom. The Hall–Kier alpha value is -2.23. The number of hydrogen-bond donors (Lipinski definition) is 2. The summed E-state index contributed by atoms with van der Waals surface area (Å²) in [6.45, 7) is 3.41. The molecule has 0 aliphatic rings. The summed E-state index contributed by atoms with van der Waals surface area (Å²) in [6, 6.07) is 12.0. The van der Waals surface area contributed by atoms with Gasteiger partial charge in [-0.3, -0.25) is 0 Å². The van der Waals surface area contributed by atoms with Gasteiger partial charge < -0.3 is 15.4 Å². The Balaban J connectivity index is 1.88. The third kappa shape index (κ3) is 4.65. The molecule has 0 atom stereocenters. The summed E-state index contributed by atoms with van der Waals surface area (Å²) in [5.41, 5.74) is 1.08. The number of methoxy groups -OCH3 is 1. The number of hydrogen-bond acceptors (Lipinski definition) is 2. The van der Waals surface area contributed by atoms with Crippen LogP contribution in [0.1, 0.15) is 31.7 Å². The third-order valence-electron chi connectivity index (χ3n) is 3.63. The number of ether oxygens (including phenoxy) is 1. The Kier molecular flexibility index (Phi) is 6.07. The Morgan fingerprint density at radius 2 is 1.82 bits per heavy atom. The van der Waals surface area contributed by atoms with Gasteiger partial charge in [-0.2, -0.15) is 0 Å². The van der Waals surface area contributed by atoms with E-state index in [1.54, 1.807) is 7.11 Å². The van der Waals surface area contributed by atoms with Crippen molar-refractivity contribution in [2.24, 2.45) is 0 Å². The molecule has 0 saturated heterocycles. The van der Waals surface area contributed by atoms with E-state index in [-0.39, 0.29) is 6.03 Å². The first-order valence-corrected chi connectivity index (χ1v) is 7.81. The van der Waals surface area contributed by atoms with Gasteiger partial charge in [-0.05, 0) is 41.0 Å². The quantitative estimate of drug-likeness (QED) is 0.763. The van der Waals surface area contributed by atoms with E-state index >= 15 is 0 Å². The van der Waals surface area contributed by atoms with Crippen molar-refractivity contribution in [3.63, 3.8) is 0 Å². The van der Waals surface area contributed by atoms with Crippen molar-refractivity contribution in [1.82, 2.24) is 10.6 Å². The zero-order valence-corrected chi connectivity index (χ0v) is 13.3. The molecule has 0 heterocycles. The molecule has 2 rings (SSSR count). The van der Waals surface area contributed by atoms with Gasteiger partial charge in [-0.25, -0.2) is 4.79 Å². The second kappa shape index (κ2) is 8.27. The SMILES string of the molecule is CCCCCNC(=O)NCc1ccc2cc(OC)ccc2c1. The third-order valence-corrected chi connectivity index (χ3v) is 3.63. The number of amides is 2. The molecule has 0 radical (unpaired) electrons. The molecule has 0 aliphatic carbocycles. The van der Waals surface area contributed by atoms with Gasteiger partial charge in [0.15, 0.2) is 0 Å². The maximum absolute atomic E-state index is 11.7. The normalized spacial score (nSPS) is 10.5. The lowest BCUT2D eigenvalue weighted by Crippen LogP contribution is -2.35. The highest BCUT2D eigenvalue weighted by atomic mass is 16.5. The van der Waals surface area contributed by atoms with E-state index in [1.807, 2.05) is 30.3 Å². The molecule has 22 heavy (non-hydrogen) atoms. The summed E-state index contributed by atoms with van der Waals surface area (Å²) < 4.78 is 5.22. The minimum atomic E-state index is -0.106. The van der Waals surface area contributed by atoms with E-state index in [9.17, 15) is 4.79 Å². The summed E-state index contributed by atoms with van der Waals surface area (Å²) in [6.07, 6.45) is 3.33. The van der Waals surface area contributed by atoms with Gasteiger partial charge in [0.2, 0.25) is 0 Å². The Morgan fingerprint density at radius 1 is 1.05 bits per heavy atom. The van der Waals surface area contributed by atoms with Crippen molar-refractivity contribution >= 4 is 16.8 Å². The first-order valence-electron chi connectivity index (χ1n) is 7.81. The zero-order chi connectivity index (χ0) is 15.8.